The maximum atomic E-state index is 11.5. The first kappa shape index (κ1) is 13.7. The molecule has 0 saturated heterocycles. The van der Waals surface area contributed by atoms with E-state index >= 15 is 0 Å². The Morgan fingerprint density at radius 2 is 1.85 bits per heavy atom. The third kappa shape index (κ3) is 1.88. The van der Waals surface area contributed by atoms with E-state index in [0.717, 1.165) is 31.5 Å². The van der Waals surface area contributed by atoms with Crippen LogP contribution in [0.5, 0.6) is 5.75 Å². The minimum atomic E-state index is -0.215. The molecule has 1 aromatic rings. The molecule has 0 atom stereocenters. The fourth-order valence-corrected chi connectivity index (χ4v) is 3.07. The van der Waals surface area contributed by atoms with E-state index in [2.05, 4.69) is 46.8 Å². The smallest absolute Gasteiger partial charge is 0.130 e. The van der Waals surface area contributed by atoms with Gasteiger partial charge in [-0.15, -0.1) is 0 Å². The number of carbonyl (C=O) groups excluding carboxylic acids is 1. The minimum absolute atomic E-state index is 0.0273. The van der Waals surface area contributed by atoms with Gasteiger partial charge in [0.1, 0.15) is 12.0 Å². The highest BCUT2D eigenvalue weighted by molar-refractivity contribution is 5.74. The summed E-state index contributed by atoms with van der Waals surface area (Å²) >= 11 is 0. The van der Waals surface area contributed by atoms with E-state index in [1.54, 1.807) is 0 Å². The molecule has 3 rings (SSSR count). The van der Waals surface area contributed by atoms with E-state index in [-0.39, 0.29) is 16.2 Å². The summed E-state index contributed by atoms with van der Waals surface area (Å²) in [4.78, 5) is 11.5. The van der Waals surface area contributed by atoms with Crippen molar-refractivity contribution >= 4 is 6.29 Å². The molecule has 2 nitrogen and oxygen atoms in total. The highest BCUT2D eigenvalue weighted by Gasteiger charge is 2.46. The first-order chi connectivity index (χ1) is 9.20. The molecule has 0 amide bonds. The van der Waals surface area contributed by atoms with E-state index < -0.39 is 0 Å². The Morgan fingerprint density at radius 1 is 1.20 bits per heavy atom. The number of hydrogen-bond donors (Lipinski definition) is 0. The molecule has 2 heteroatoms. The summed E-state index contributed by atoms with van der Waals surface area (Å²) in [5.74, 6) is 1.05. The molecule has 1 fully saturated rings. The number of rotatable bonds is 2. The summed E-state index contributed by atoms with van der Waals surface area (Å²) in [6.07, 6.45) is 3.12. The molecule has 0 radical (unpaired) electrons. The van der Waals surface area contributed by atoms with Crippen LogP contribution in [0.3, 0.4) is 0 Å². The summed E-state index contributed by atoms with van der Waals surface area (Å²) in [5, 5.41) is 0. The third-order valence-electron chi connectivity index (χ3n) is 4.79. The topological polar surface area (TPSA) is 26.3 Å². The van der Waals surface area contributed by atoms with Gasteiger partial charge >= 0.3 is 0 Å². The molecular formula is C18H24O2. The lowest BCUT2D eigenvalue weighted by Gasteiger charge is -2.25. The Hall–Kier alpha value is -1.31. The van der Waals surface area contributed by atoms with Gasteiger partial charge in [-0.2, -0.15) is 0 Å². The van der Waals surface area contributed by atoms with Gasteiger partial charge in [-0.05, 0) is 23.8 Å². The Bertz CT molecular complexity index is 572. The zero-order valence-corrected chi connectivity index (χ0v) is 13.2. The van der Waals surface area contributed by atoms with Crippen molar-refractivity contribution in [2.75, 3.05) is 6.61 Å². The average Bonchev–Trinajstić information content (AvgIpc) is 3.09. The van der Waals surface area contributed by atoms with Gasteiger partial charge in [0.05, 0.1) is 12.0 Å². The van der Waals surface area contributed by atoms with Gasteiger partial charge < -0.3 is 9.53 Å². The van der Waals surface area contributed by atoms with Gasteiger partial charge in [0.15, 0.2) is 0 Å². The molecular weight excluding hydrogens is 248 g/mol. The lowest BCUT2D eigenvalue weighted by atomic mass is 9.77. The predicted molar refractivity (Wildman–Crippen MR) is 80.6 cm³/mol. The van der Waals surface area contributed by atoms with Gasteiger partial charge in [-0.3, -0.25) is 0 Å². The average molecular weight is 272 g/mol. The Labute approximate surface area is 121 Å². The Morgan fingerprint density at radius 3 is 2.35 bits per heavy atom. The molecule has 20 heavy (non-hydrogen) atoms. The molecule has 1 heterocycles. The molecule has 1 saturated carbocycles. The summed E-state index contributed by atoms with van der Waals surface area (Å²) < 4.78 is 6.00. The van der Waals surface area contributed by atoms with Crippen LogP contribution in [0.1, 0.15) is 64.2 Å². The second kappa shape index (κ2) is 3.87. The maximum Gasteiger partial charge on any atom is 0.130 e. The zero-order chi connectivity index (χ0) is 14.8. The molecule has 0 aromatic heterocycles. The fourth-order valence-electron chi connectivity index (χ4n) is 3.07. The number of fused-ring (bicyclic) bond motifs is 1. The molecule has 108 valence electrons. The summed E-state index contributed by atoms with van der Waals surface area (Å²) in [7, 11) is 0. The van der Waals surface area contributed by atoms with E-state index in [1.807, 2.05) is 0 Å². The van der Waals surface area contributed by atoms with Gasteiger partial charge in [-0.1, -0.05) is 46.8 Å². The molecule has 1 aromatic carbocycles. The SMILES string of the molecule is CC(C)(C)c1cc(C2(C=O)CC2)cc2c1OCC2(C)C. The van der Waals surface area contributed by atoms with Crippen molar-refractivity contribution in [3.8, 4) is 5.75 Å². The van der Waals surface area contributed by atoms with Gasteiger partial charge in [-0.25, -0.2) is 0 Å². The van der Waals surface area contributed by atoms with Crippen molar-refractivity contribution in [2.24, 2.45) is 0 Å². The van der Waals surface area contributed by atoms with Crippen LogP contribution in [0.2, 0.25) is 0 Å². The minimum Gasteiger partial charge on any atom is -0.492 e. The molecule has 1 aliphatic carbocycles. The van der Waals surface area contributed by atoms with Gasteiger partial charge in [0, 0.05) is 16.5 Å². The standard InChI is InChI=1S/C18H24O2/c1-16(2,3)13-8-12(18(10-19)6-7-18)9-14-15(13)20-11-17(14,4)5/h8-10H,6-7,11H2,1-5H3. The quantitative estimate of drug-likeness (QED) is 0.764. The normalized spacial score (nSPS) is 22.1. The summed E-state index contributed by atoms with van der Waals surface area (Å²) in [6.45, 7) is 11.8. The van der Waals surface area contributed by atoms with Crippen LogP contribution in [-0.4, -0.2) is 12.9 Å². The van der Waals surface area contributed by atoms with Crippen LogP contribution in [0.4, 0.5) is 0 Å². The van der Waals surface area contributed by atoms with Gasteiger partial charge in [0.25, 0.3) is 0 Å². The van der Waals surface area contributed by atoms with Crippen molar-refractivity contribution in [3.05, 3.63) is 28.8 Å². The van der Waals surface area contributed by atoms with Crippen LogP contribution in [0.15, 0.2) is 12.1 Å². The van der Waals surface area contributed by atoms with Crippen LogP contribution in [0, 0.1) is 0 Å². The number of carbonyl (C=O) groups is 1. The molecule has 0 spiro atoms. The zero-order valence-electron chi connectivity index (χ0n) is 13.2. The van der Waals surface area contributed by atoms with Crippen LogP contribution in [0.25, 0.3) is 0 Å². The molecule has 0 unspecified atom stereocenters. The monoisotopic (exact) mass is 272 g/mol. The largest absolute Gasteiger partial charge is 0.492 e. The number of aldehydes is 1. The Balaban J connectivity index is 2.24. The van der Waals surface area contributed by atoms with E-state index in [0.29, 0.717) is 0 Å². The van der Waals surface area contributed by atoms with Crippen molar-refractivity contribution < 1.29 is 9.53 Å². The maximum absolute atomic E-state index is 11.5. The number of hydrogen-bond acceptors (Lipinski definition) is 2. The van der Waals surface area contributed by atoms with Crippen molar-refractivity contribution in [2.45, 2.75) is 63.7 Å². The predicted octanol–water partition coefficient (Wildman–Crippen LogP) is 3.88. The lowest BCUT2D eigenvalue weighted by molar-refractivity contribution is -0.109. The highest BCUT2D eigenvalue weighted by Crippen LogP contribution is 2.52. The molecule has 1 aliphatic heterocycles. The Kier molecular flexibility index (Phi) is 2.64. The second-order valence-corrected chi connectivity index (χ2v) is 8.10. The molecule has 0 bridgehead atoms. The van der Waals surface area contributed by atoms with Crippen molar-refractivity contribution in [3.63, 3.8) is 0 Å². The van der Waals surface area contributed by atoms with Crippen LogP contribution in [-0.2, 0) is 21.0 Å². The van der Waals surface area contributed by atoms with Crippen LogP contribution >= 0.6 is 0 Å². The highest BCUT2D eigenvalue weighted by atomic mass is 16.5. The molecule has 2 aliphatic rings. The first-order valence-corrected chi connectivity index (χ1v) is 7.48. The molecule has 0 N–H and O–H groups in total. The van der Waals surface area contributed by atoms with E-state index in [9.17, 15) is 4.79 Å². The number of ether oxygens (including phenoxy) is 1. The van der Waals surface area contributed by atoms with Gasteiger partial charge in [0.2, 0.25) is 0 Å². The third-order valence-corrected chi connectivity index (χ3v) is 4.79. The van der Waals surface area contributed by atoms with Crippen LogP contribution < -0.4 is 4.74 Å². The lowest BCUT2D eigenvalue weighted by Crippen LogP contribution is -2.20. The van der Waals surface area contributed by atoms with E-state index in [4.69, 9.17) is 4.74 Å². The second-order valence-electron chi connectivity index (χ2n) is 8.10. The van der Waals surface area contributed by atoms with E-state index in [1.165, 1.54) is 16.7 Å². The van der Waals surface area contributed by atoms with Crippen molar-refractivity contribution in [1.29, 1.82) is 0 Å². The number of benzene rings is 1. The summed E-state index contributed by atoms with van der Waals surface area (Å²) in [5.41, 5.74) is 3.55. The fraction of sp³-hybridized carbons (Fsp3) is 0.611. The van der Waals surface area contributed by atoms with Crippen molar-refractivity contribution in [1.82, 2.24) is 0 Å². The first-order valence-electron chi connectivity index (χ1n) is 7.48. The summed E-state index contributed by atoms with van der Waals surface area (Å²) in [6, 6.07) is 4.43.